The van der Waals surface area contributed by atoms with E-state index in [9.17, 15) is 13.5 Å². The fourth-order valence-electron chi connectivity index (χ4n) is 2.61. The maximum atomic E-state index is 11.7. The van der Waals surface area contributed by atoms with Crippen molar-refractivity contribution in [2.75, 3.05) is 25.4 Å². The maximum Gasteiger partial charge on any atom is 0.152 e. The molecule has 0 aliphatic carbocycles. The maximum absolute atomic E-state index is 11.7. The summed E-state index contributed by atoms with van der Waals surface area (Å²) in [5.41, 5.74) is 0. The smallest absolute Gasteiger partial charge is 0.152 e. The van der Waals surface area contributed by atoms with Gasteiger partial charge < -0.3 is 5.11 Å². The van der Waals surface area contributed by atoms with E-state index in [1.54, 1.807) is 13.8 Å². The van der Waals surface area contributed by atoms with Crippen LogP contribution in [-0.4, -0.2) is 55.2 Å². The number of likely N-dealkylation sites (tertiary alicyclic amines) is 1. The van der Waals surface area contributed by atoms with Gasteiger partial charge in [-0.1, -0.05) is 6.92 Å². The van der Waals surface area contributed by atoms with Crippen molar-refractivity contribution in [1.82, 2.24) is 4.90 Å². The van der Waals surface area contributed by atoms with E-state index in [0.29, 0.717) is 12.3 Å². The van der Waals surface area contributed by atoms with Crippen molar-refractivity contribution in [2.24, 2.45) is 5.92 Å². The van der Waals surface area contributed by atoms with Crippen LogP contribution < -0.4 is 0 Å². The molecule has 1 fully saturated rings. The minimum atomic E-state index is -2.93. The molecule has 0 amide bonds. The fourth-order valence-corrected chi connectivity index (χ4v) is 3.61. The van der Waals surface area contributed by atoms with Gasteiger partial charge in [0.25, 0.3) is 0 Å². The Bertz CT molecular complexity index is 340. The fraction of sp³-hybridized carbons (Fsp3) is 1.00. The first kappa shape index (κ1) is 15.9. The zero-order chi connectivity index (χ0) is 13.8. The second-order valence-corrected chi connectivity index (χ2v) is 8.35. The summed E-state index contributed by atoms with van der Waals surface area (Å²) in [5, 5.41) is 9.13. The molecule has 1 heterocycles. The van der Waals surface area contributed by atoms with Gasteiger partial charge in [0.15, 0.2) is 9.84 Å². The van der Waals surface area contributed by atoms with Crippen LogP contribution >= 0.6 is 0 Å². The second-order valence-electron chi connectivity index (χ2n) is 5.67. The Morgan fingerprint density at radius 3 is 2.61 bits per heavy atom. The third-order valence-electron chi connectivity index (χ3n) is 4.01. The summed E-state index contributed by atoms with van der Waals surface area (Å²) >= 11 is 0. The molecule has 0 bridgehead atoms. The molecule has 0 aromatic heterocycles. The molecule has 2 unspecified atom stereocenters. The highest BCUT2D eigenvalue weighted by atomic mass is 32.2. The first-order valence-electron chi connectivity index (χ1n) is 6.95. The van der Waals surface area contributed by atoms with Crippen LogP contribution in [0, 0.1) is 5.92 Å². The monoisotopic (exact) mass is 277 g/mol. The molecule has 0 saturated carbocycles. The highest BCUT2D eigenvalue weighted by Gasteiger charge is 2.27. The van der Waals surface area contributed by atoms with E-state index in [1.807, 2.05) is 0 Å². The molecule has 1 aliphatic heterocycles. The minimum Gasteiger partial charge on any atom is -0.395 e. The molecular weight excluding hydrogens is 250 g/mol. The largest absolute Gasteiger partial charge is 0.395 e. The Morgan fingerprint density at radius 2 is 2.06 bits per heavy atom. The number of nitrogens with zero attached hydrogens (tertiary/aromatic N) is 1. The quantitative estimate of drug-likeness (QED) is 0.795. The Labute approximate surface area is 111 Å². The van der Waals surface area contributed by atoms with Crippen LogP contribution in [-0.2, 0) is 9.84 Å². The van der Waals surface area contributed by atoms with E-state index in [0.717, 1.165) is 25.9 Å². The highest BCUT2D eigenvalue weighted by molar-refractivity contribution is 7.91. The Hall–Kier alpha value is -0.130. The minimum absolute atomic E-state index is 0.179. The standard InChI is InChI=1S/C13H27NO3S/c1-11(2)18(16,17)9-5-8-14-7-4-6-12(3)13(14)10-15/h11-13,15H,4-10H2,1-3H3. The lowest BCUT2D eigenvalue weighted by molar-refractivity contribution is 0.0533. The summed E-state index contributed by atoms with van der Waals surface area (Å²) < 4.78 is 23.4. The molecule has 0 radical (unpaired) electrons. The lowest BCUT2D eigenvalue weighted by atomic mass is 9.91. The van der Waals surface area contributed by atoms with E-state index >= 15 is 0 Å². The lowest BCUT2D eigenvalue weighted by Gasteiger charge is -2.39. The van der Waals surface area contributed by atoms with Gasteiger partial charge in [-0.15, -0.1) is 0 Å². The van der Waals surface area contributed by atoms with Crippen LogP contribution in [0.4, 0.5) is 0 Å². The van der Waals surface area contributed by atoms with Gasteiger partial charge in [0.2, 0.25) is 0 Å². The van der Waals surface area contributed by atoms with Crippen molar-refractivity contribution >= 4 is 9.84 Å². The highest BCUT2D eigenvalue weighted by Crippen LogP contribution is 2.23. The molecule has 18 heavy (non-hydrogen) atoms. The van der Waals surface area contributed by atoms with Crippen molar-refractivity contribution in [3.63, 3.8) is 0 Å². The zero-order valence-electron chi connectivity index (χ0n) is 11.8. The van der Waals surface area contributed by atoms with Gasteiger partial charge in [-0.3, -0.25) is 4.90 Å². The SMILES string of the molecule is CC1CCCN(CCCS(=O)(=O)C(C)C)C1CO. The first-order chi connectivity index (χ1) is 8.38. The molecule has 1 rings (SSSR count). The molecule has 2 atom stereocenters. The third-order valence-corrected chi connectivity index (χ3v) is 6.30. The number of aliphatic hydroxyl groups excluding tert-OH is 1. The average molecular weight is 277 g/mol. The van der Waals surface area contributed by atoms with Gasteiger partial charge in [0, 0.05) is 6.04 Å². The van der Waals surface area contributed by atoms with Gasteiger partial charge in [-0.05, 0) is 52.1 Å². The molecule has 0 aromatic rings. The van der Waals surface area contributed by atoms with Gasteiger partial charge in [-0.25, -0.2) is 8.42 Å². The van der Waals surface area contributed by atoms with Crippen LogP contribution in [0.5, 0.6) is 0 Å². The van der Waals surface area contributed by atoms with Crippen LogP contribution in [0.2, 0.25) is 0 Å². The normalized spacial score (nSPS) is 26.7. The summed E-state index contributed by atoms with van der Waals surface area (Å²) in [6, 6.07) is 0.209. The predicted molar refractivity (Wildman–Crippen MR) is 74.4 cm³/mol. The molecule has 4 nitrogen and oxygen atoms in total. The Kier molecular flexibility index (Phi) is 6.08. The number of rotatable bonds is 6. The molecule has 0 spiro atoms. The molecule has 5 heteroatoms. The zero-order valence-corrected chi connectivity index (χ0v) is 12.6. The van der Waals surface area contributed by atoms with E-state index in [2.05, 4.69) is 11.8 Å². The molecule has 1 aliphatic rings. The number of hydrogen-bond donors (Lipinski definition) is 1. The van der Waals surface area contributed by atoms with Gasteiger partial charge >= 0.3 is 0 Å². The van der Waals surface area contributed by atoms with Crippen LogP contribution in [0.15, 0.2) is 0 Å². The molecule has 0 aromatic carbocycles. The average Bonchev–Trinajstić information content (AvgIpc) is 2.29. The number of sulfone groups is 1. The second kappa shape index (κ2) is 6.87. The first-order valence-corrected chi connectivity index (χ1v) is 8.66. The summed E-state index contributed by atoms with van der Waals surface area (Å²) in [5.74, 6) is 0.763. The topological polar surface area (TPSA) is 57.6 Å². The van der Waals surface area contributed by atoms with Gasteiger partial charge in [0.05, 0.1) is 17.6 Å². The van der Waals surface area contributed by atoms with E-state index in [1.165, 1.54) is 0 Å². The lowest BCUT2D eigenvalue weighted by Crippen LogP contribution is -2.47. The number of aliphatic hydroxyl groups is 1. The van der Waals surface area contributed by atoms with Gasteiger partial charge in [-0.2, -0.15) is 0 Å². The van der Waals surface area contributed by atoms with Crippen LogP contribution in [0.1, 0.15) is 40.0 Å². The van der Waals surface area contributed by atoms with Crippen LogP contribution in [0.25, 0.3) is 0 Å². The third kappa shape index (κ3) is 4.21. The summed E-state index contributed by atoms with van der Waals surface area (Å²) in [7, 11) is -2.93. The Morgan fingerprint density at radius 1 is 1.39 bits per heavy atom. The van der Waals surface area contributed by atoms with Gasteiger partial charge in [0.1, 0.15) is 0 Å². The van der Waals surface area contributed by atoms with Crippen molar-refractivity contribution in [2.45, 2.75) is 51.3 Å². The van der Waals surface area contributed by atoms with Crippen LogP contribution in [0.3, 0.4) is 0 Å². The summed E-state index contributed by atoms with van der Waals surface area (Å²) in [6.45, 7) is 7.57. The Balaban J connectivity index is 2.43. The van der Waals surface area contributed by atoms with E-state index < -0.39 is 9.84 Å². The number of hydrogen-bond acceptors (Lipinski definition) is 4. The molecule has 1 saturated heterocycles. The van der Waals surface area contributed by atoms with E-state index in [-0.39, 0.29) is 23.7 Å². The van der Waals surface area contributed by atoms with Crippen molar-refractivity contribution in [3.8, 4) is 0 Å². The summed E-state index contributed by atoms with van der Waals surface area (Å²) in [4.78, 5) is 2.25. The molecule has 108 valence electrons. The van der Waals surface area contributed by atoms with Crippen molar-refractivity contribution in [1.29, 1.82) is 0 Å². The van der Waals surface area contributed by atoms with Crippen molar-refractivity contribution < 1.29 is 13.5 Å². The van der Waals surface area contributed by atoms with E-state index in [4.69, 9.17) is 0 Å². The number of piperidine rings is 1. The molecule has 1 N–H and O–H groups in total. The predicted octanol–water partition coefficient (Wildman–Crippen LogP) is 1.29. The molecular formula is C13H27NO3S. The summed E-state index contributed by atoms with van der Waals surface area (Å²) in [6.07, 6.45) is 2.98. The van der Waals surface area contributed by atoms with Crippen molar-refractivity contribution in [3.05, 3.63) is 0 Å².